The molecule has 0 bridgehead atoms. The number of carbonyl (C=O) groups excluding carboxylic acids is 1. The third-order valence-corrected chi connectivity index (χ3v) is 5.98. The Morgan fingerprint density at radius 3 is 2.33 bits per heavy atom. The van der Waals surface area contributed by atoms with Gasteiger partial charge in [-0.05, 0) is 48.1 Å². The van der Waals surface area contributed by atoms with E-state index in [1.54, 1.807) is 0 Å². The van der Waals surface area contributed by atoms with Crippen LogP contribution in [0.1, 0.15) is 30.6 Å². The summed E-state index contributed by atoms with van der Waals surface area (Å²) in [6, 6.07) is 4.04. The van der Waals surface area contributed by atoms with E-state index in [1.165, 1.54) is 22.5 Å². The third-order valence-electron chi connectivity index (χ3n) is 3.62. The Hall–Kier alpha value is -0.620. The Balaban J connectivity index is 2.40. The highest BCUT2D eigenvalue weighted by Gasteiger charge is 2.32. The molecule has 0 aliphatic carbocycles. The number of carbonyl (C=O) groups is 1. The summed E-state index contributed by atoms with van der Waals surface area (Å²) in [5.41, 5.74) is 0.0116. The number of piperidine rings is 1. The zero-order valence-corrected chi connectivity index (χ0v) is 14.2. The van der Waals surface area contributed by atoms with Crippen LogP contribution < -0.4 is 0 Å². The van der Waals surface area contributed by atoms with E-state index in [4.69, 9.17) is 23.2 Å². The van der Waals surface area contributed by atoms with Crippen molar-refractivity contribution in [2.75, 3.05) is 13.1 Å². The molecule has 0 radical (unpaired) electrons. The second-order valence-electron chi connectivity index (χ2n) is 5.68. The molecule has 4 nitrogen and oxygen atoms in total. The Morgan fingerprint density at radius 1 is 1.24 bits per heavy atom. The monoisotopic (exact) mass is 349 g/mol. The number of hydrogen-bond acceptors (Lipinski definition) is 3. The molecular weight excluding hydrogens is 333 g/mol. The normalized spacial score (nSPS) is 24.0. The second kappa shape index (κ2) is 6.24. The molecule has 116 valence electrons. The lowest BCUT2D eigenvalue weighted by molar-refractivity contribution is 0.108. The first-order chi connectivity index (χ1) is 9.71. The van der Waals surface area contributed by atoms with Crippen LogP contribution in [0.3, 0.4) is 0 Å². The van der Waals surface area contributed by atoms with Gasteiger partial charge in [0.15, 0.2) is 0 Å². The van der Waals surface area contributed by atoms with Gasteiger partial charge in [-0.15, -0.1) is 0 Å². The lowest BCUT2D eigenvalue weighted by Crippen LogP contribution is -2.42. The topological polar surface area (TPSA) is 54.5 Å². The maximum absolute atomic E-state index is 12.7. The quantitative estimate of drug-likeness (QED) is 0.786. The van der Waals surface area contributed by atoms with Crippen LogP contribution in [0.15, 0.2) is 23.1 Å². The summed E-state index contributed by atoms with van der Waals surface area (Å²) in [7, 11) is -3.64. The van der Waals surface area contributed by atoms with Crippen LogP contribution in [-0.2, 0) is 10.0 Å². The Bertz CT molecular complexity index is 650. The first-order valence-electron chi connectivity index (χ1n) is 6.71. The highest BCUT2D eigenvalue weighted by Crippen LogP contribution is 2.29. The summed E-state index contributed by atoms with van der Waals surface area (Å²) < 4.78 is 26.9. The third kappa shape index (κ3) is 3.59. The predicted octanol–water partition coefficient (Wildman–Crippen LogP) is 3.39. The average Bonchev–Trinajstić information content (AvgIpc) is 2.37. The van der Waals surface area contributed by atoms with Gasteiger partial charge in [-0.25, -0.2) is 8.42 Å². The van der Waals surface area contributed by atoms with E-state index in [-0.39, 0.29) is 15.5 Å². The highest BCUT2D eigenvalue weighted by atomic mass is 35.5. The highest BCUT2D eigenvalue weighted by molar-refractivity contribution is 7.89. The molecule has 1 aliphatic rings. The van der Waals surface area contributed by atoms with Crippen LogP contribution in [-0.4, -0.2) is 31.1 Å². The second-order valence-corrected chi connectivity index (χ2v) is 8.37. The fraction of sp³-hybridized carbons (Fsp3) is 0.500. The van der Waals surface area contributed by atoms with Crippen molar-refractivity contribution in [3.8, 4) is 0 Å². The van der Waals surface area contributed by atoms with Crippen LogP contribution in [0.25, 0.3) is 0 Å². The molecule has 21 heavy (non-hydrogen) atoms. The molecule has 1 aromatic rings. The molecule has 1 heterocycles. The fourth-order valence-corrected chi connectivity index (χ4v) is 4.88. The lowest BCUT2D eigenvalue weighted by atomic mass is 9.94. The van der Waals surface area contributed by atoms with Gasteiger partial charge in [0.05, 0.1) is 15.5 Å². The van der Waals surface area contributed by atoms with E-state index in [0.717, 1.165) is 6.42 Å². The lowest BCUT2D eigenvalue weighted by Gasteiger charge is -2.34. The molecular formula is C14H17Cl2NO3S. The number of benzene rings is 1. The van der Waals surface area contributed by atoms with E-state index < -0.39 is 15.3 Å². The van der Waals surface area contributed by atoms with E-state index >= 15 is 0 Å². The Labute approximate surface area is 135 Å². The van der Waals surface area contributed by atoms with Crippen LogP contribution in [0.4, 0.5) is 0 Å². The minimum Gasteiger partial charge on any atom is -0.276 e. The van der Waals surface area contributed by atoms with E-state index in [1.807, 2.05) is 13.8 Å². The molecule has 1 aromatic carbocycles. The van der Waals surface area contributed by atoms with Gasteiger partial charge in [0.1, 0.15) is 0 Å². The van der Waals surface area contributed by atoms with Gasteiger partial charge in [-0.1, -0.05) is 25.4 Å². The minimum absolute atomic E-state index is 0.0116. The van der Waals surface area contributed by atoms with Crippen molar-refractivity contribution in [3.05, 3.63) is 28.8 Å². The minimum atomic E-state index is -3.64. The summed E-state index contributed by atoms with van der Waals surface area (Å²) in [6.45, 7) is 5.04. The summed E-state index contributed by atoms with van der Waals surface area (Å²) in [5, 5.41) is -0.619. The van der Waals surface area contributed by atoms with Crippen LogP contribution in [0.5, 0.6) is 0 Å². The van der Waals surface area contributed by atoms with E-state index in [9.17, 15) is 13.2 Å². The molecule has 0 N–H and O–H groups in total. The molecule has 0 amide bonds. The van der Waals surface area contributed by atoms with Gasteiger partial charge in [-0.2, -0.15) is 4.31 Å². The van der Waals surface area contributed by atoms with Crippen molar-refractivity contribution < 1.29 is 13.2 Å². The summed E-state index contributed by atoms with van der Waals surface area (Å²) in [4.78, 5) is 11.4. The van der Waals surface area contributed by atoms with Crippen molar-refractivity contribution in [1.29, 1.82) is 0 Å². The van der Waals surface area contributed by atoms with Gasteiger partial charge in [0.2, 0.25) is 10.0 Å². The Morgan fingerprint density at radius 2 is 1.81 bits per heavy atom. The van der Waals surface area contributed by atoms with Crippen LogP contribution >= 0.6 is 23.2 Å². The molecule has 7 heteroatoms. The molecule has 1 saturated heterocycles. The number of rotatable bonds is 3. The molecule has 2 atom stereocenters. The first kappa shape index (κ1) is 16.7. The number of hydrogen-bond donors (Lipinski definition) is 0. The predicted molar refractivity (Wildman–Crippen MR) is 83.3 cm³/mol. The maximum atomic E-state index is 12.7. The van der Waals surface area contributed by atoms with Crippen LogP contribution in [0.2, 0.25) is 5.02 Å². The largest absolute Gasteiger partial charge is 0.276 e. The number of nitrogens with zero attached hydrogens (tertiary/aromatic N) is 1. The SMILES string of the molecule is CC1CC(C)CN(S(=O)(=O)c2ccc(Cl)c(C(=O)Cl)c2)C1. The zero-order chi connectivity index (χ0) is 15.8. The van der Waals surface area contributed by atoms with Gasteiger partial charge in [0.25, 0.3) is 5.24 Å². The standard InChI is InChI=1S/C14H17Cl2NO3S/c1-9-5-10(2)8-17(7-9)21(19,20)11-3-4-13(15)12(6-11)14(16)18/h3-4,6,9-10H,5,7-8H2,1-2H3. The molecule has 0 saturated carbocycles. The first-order valence-corrected chi connectivity index (χ1v) is 8.91. The van der Waals surface area contributed by atoms with Crippen molar-refractivity contribution in [3.63, 3.8) is 0 Å². The molecule has 2 unspecified atom stereocenters. The molecule has 2 rings (SSSR count). The van der Waals surface area contributed by atoms with Crippen molar-refractivity contribution in [2.24, 2.45) is 11.8 Å². The van der Waals surface area contributed by atoms with E-state index in [2.05, 4.69) is 0 Å². The average molecular weight is 350 g/mol. The molecule has 1 fully saturated rings. The molecule has 1 aliphatic heterocycles. The summed E-state index contributed by atoms with van der Waals surface area (Å²) in [5.74, 6) is 0.620. The van der Waals surface area contributed by atoms with Gasteiger partial charge >= 0.3 is 0 Å². The van der Waals surface area contributed by atoms with Crippen molar-refractivity contribution >= 4 is 38.5 Å². The van der Waals surface area contributed by atoms with E-state index in [0.29, 0.717) is 24.9 Å². The van der Waals surface area contributed by atoms with Gasteiger partial charge < -0.3 is 0 Å². The van der Waals surface area contributed by atoms with Crippen molar-refractivity contribution in [2.45, 2.75) is 25.2 Å². The number of halogens is 2. The molecule has 0 aromatic heterocycles. The summed E-state index contributed by atoms with van der Waals surface area (Å²) in [6.07, 6.45) is 1.01. The molecule has 0 spiro atoms. The summed E-state index contributed by atoms with van der Waals surface area (Å²) >= 11 is 11.3. The maximum Gasteiger partial charge on any atom is 0.253 e. The number of sulfonamides is 1. The zero-order valence-electron chi connectivity index (χ0n) is 11.8. The van der Waals surface area contributed by atoms with Crippen LogP contribution in [0, 0.1) is 11.8 Å². The Kier molecular flexibility index (Phi) is 4.98. The van der Waals surface area contributed by atoms with Crippen molar-refractivity contribution in [1.82, 2.24) is 4.31 Å². The van der Waals surface area contributed by atoms with Gasteiger partial charge in [0, 0.05) is 13.1 Å². The fourth-order valence-electron chi connectivity index (χ4n) is 2.77. The van der Waals surface area contributed by atoms with Gasteiger partial charge in [-0.3, -0.25) is 4.79 Å². The smallest absolute Gasteiger partial charge is 0.253 e.